The lowest BCUT2D eigenvalue weighted by Gasteiger charge is -2.24. The topological polar surface area (TPSA) is 108 Å². The molecular weight excluding hydrogens is 1230 g/mol. The maximum Gasteiger partial charge on any atom is 0.472 e. The summed E-state index contributed by atoms with van der Waals surface area (Å²) in [6, 6.07) is 0. The van der Waals surface area contributed by atoms with E-state index in [0.29, 0.717) is 17.4 Å². The summed E-state index contributed by atoms with van der Waals surface area (Å²) in [4.78, 5) is 36.0. The van der Waals surface area contributed by atoms with Gasteiger partial charge in [-0.15, -0.1) is 0 Å². The number of nitrogens with zero attached hydrogens (tertiary/aromatic N) is 1. The molecule has 0 spiro atoms. The first-order chi connectivity index (χ1) is 48.0. The molecule has 9 nitrogen and oxygen atoms in total. The Balaban J connectivity index is 4.01. The SMILES string of the molecule is CC/C=C\C/C=C\C/C=C\C/C=C\C/C=C\C/C=C\C/C=C\C/C=C\C/C=C\C/C=C\CCCCCCCCCCCCC(=O)OC(COC(=O)CCCCCCCCCCCCCCCCCCCCCCC/C=C\CCCCCCCCCC)COP(=O)(O)OCC[N+](C)(C)C. The Morgan fingerprint density at radius 3 is 0.878 bits per heavy atom. The molecule has 10 heteroatoms. The number of hydrogen-bond donors (Lipinski definition) is 1. The van der Waals surface area contributed by atoms with E-state index in [4.69, 9.17) is 18.5 Å². The number of unbranched alkanes of at least 4 members (excludes halogenated alkanes) is 39. The maximum atomic E-state index is 12.9. The van der Waals surface area contributed by atoms with E-state index in [2.05, 4.69) is 148 Å². The molecular formula is C88H155NO8P+. The van der Waals surface area contributed by atoms with Crippen LogP contribution < -0.4 is 0 Å². The standard InChI is InChI=1S/C88H154NO8P/c1-6-8-10-12-14-16-18-20-22-24-26-28-30-32-34-36-38-40-41-42-43-44-45-46-47-49-51-53-55-57-59-61-63-65-67-69-71-73-75-77-79-81-88(91)97-86(85-96-98(92,93)95-83-82-89(3,4)5)84-94-87(90)80-78-76-74-72-70-68-66-64-62-60-58-56-54-52-50-48-39-37-35-33-31-29-27-25-23-21-19-17-15-13-11-9-7-2/h8,10,14,16,20,22,25-28,32,34,38,40,42-43,45-46,49,51,55,57,86H,6-7,9,11-13,15,17-19,21,23-24,29-31,33,35-37,39,41,44,47-48,50,52-54,56,58-85H2,1-5H3/p+1/b10-8-,16-14-,22-20-,27-25-,28-26-,34-32-,40-38-,43-42-,46-45-,51-49-,57-55-. The first kappa shape index (κ1) is 94.2. The number of allylic oxidation sites excluding steroid dienone is 22. The van der Waals surface area contributed by atoms with Gasteiger partial charge in [-0.25, -0.2) is 4.57 Å². The van der Waals surface area contributed by atoms with Crippen LogP contribution >= 0.6 is 7.82 Å². The second-order valence-electron chi connectivity index (χ2n) is 28.4. The predicted octanol–water partition coefficient (Wildman–Crippen LogP) is 27.5. The fourth-order valence-corrected chi connectivity index (χ4v) is 12.2. The normalized spacial score (nSPS) is 13.7. The molecule has 0 aromatic carbocycles. The molecule has 0 amide bonds. The molecule has 0 aliphatic carbocycles. The summed E-state index contributed by atoms with van der Waals surface area (Å²) in [5, 5.41) is 0. The van der Waals surface area contributed by atoms with Crippen LogP contribution in [-0.4, -0.2) is 74.9 Å². The third-order valence-electron chi connectivity index (χ3n) is 17.7. The van der Waals surface area contributed by atoms with Gasteiger partial charge in [-0.3, -0.25) is 18.6 Å². The first-order valence-corrected chi connectivity index (χ1v) is 42.4. The molecule has 0 aromatic rings. The summed E-state index contributed by atoms with van der Waals surface area (Å²) < 4.78 is 34.8. The highest BCUT2D eigenvalue weighted by atomic mass is 31.2. The Kier molecular flexibility index (Phi) is 74.3. The van der Waals surface area contributed by atoms with Crippen molar-refractivity contribution in [3.8, 4) is 0 Å². The smallest absolute Gasteiger partial charge is 0.462 e. The summed E-state index contributed by atoms with van der Waals surface area (Å²) in [6.07, 6.45) is 113. The molecule has 2 atom stereocenters. The molecule has 2 unspecified atom stereocenters. The number of ether oxygens (including phenoxy) is 2. The van der Waals surface area contributed by atoms with Crippen molar-refractivity contribution in [2.75, 3.05) is 47.5 Å². The Morgan fingerprint density at radius 2 is 0.582 bits per heavy atom. The predicted molar refractivity (Wildman–Crippen MR) is 427 cm³/mol. The number of likely N-dealkylation sites (N-methyl/N-ethyl adjacent to an activating group) is 1. The highest BCUT2D eigenvalue weighted by Crippen LogP contribution is 2.43. The molecule has 0 aliphatic heterocycles. The van der Waals surface area contributed by atoms with Crippen molar-refractivity contribution < 1.29 is 42.1 Å². The number of carbonyl (C=O) groups is 2. The van der Waals surface area contributed by atoms with Gasteiger partial charge in [0.2, 0.25) is 0 Å². The summed E-state index contributed by atoms with van der Waals surface area (Å²) in [6.45, 7) is 4.35. The minimum atomic E-state index is -4.40. The lowest BCUT2D eigenvalue weighted by molar-refractivity contribution is -0.870. The van der Waals surface area contributed by atoms with Crippen molar-refractivity contribution in [3.05, 3.63) is 134 Å². The van der Waals surface area contributed by atoms with Gasteiger partial charge in [0.1, 0.15) is 19.8 Å². The highest BCUT2D eigenvalue weighted by Gasteiger charge is 2.27. The van der Waals surface area contributed by atoms with E-state index >= 15 is 0 Å². The average Bonchev–Trinajstić information content (AvgIpc) is 1.08. The first-order valence-electron chi connectivity index (χ1n) is 40.9. The molecule has 0 saturated carbocycles. The molecule has 1 N–H and O–H groups in total. The van der Waals surface area contributed by atoms with Crippen LogP contribution in [-0.2, 0) is 32.7 Å². The fourth-order valence-electron chi connectivity index (χ4n) is 11.5. The summed E-state index contributed by atoms with van der Waals surface area (Å²) >= 11 is 0. The molecule has 0 heterocycles. The van der Waals surface area contributed by atoms with Gasteiger partial charge < -0.3 is 18.9 Å². The molecule has 98 heavy (non-hydrogen) atoms. The molecule has 0 aliphatic rings. The van der Waals surface area contributed by atoms with Gasteiger partial charge in [-0.2, -0.15) is 0 Å². The minimum Gasteiger partial charge on any atom is -0.462 e. The second kappa shape index (κ2) is 77.3. The van der Waals surface area contributed by atoms with Gasteiger partial charge in [0.05, 0.1) is 27.7 Å². The number of phosphoric ester groups is 1. The van der Waals surface area contributed by atoms with Gasteiger partial charge in [0, 0.05) is 12.8 Å². The van der Waals surface area contributed by atoms with Crippen LogP contribution in [0.4, 0.5) is 0 Å². The van der Waals surface area contributed by atoms with E-state index in [0.717, 1.165) is 109 Å². The Bertz CT molecular complexity index is 2120. The van der Waals surface area contributed by atoms with E-state index < -0.39 is 26.5 Å². The van der Waals surface area contributed by atoms with Crippen LogP contribution in [0.1, 0.15) is 361 Å². The highest BCUT2D eigenvalue weighted by molar-refractivity contribution is 7.47. The van der Waals surface area contributed by atoms with E-state index in [1.165, 1.54) is 218 Å². The van der Waals surface area contributed by atoms with Gasteiger partial charge in [0.25, 0.3) is 0 Å². The zero-order valence-electron chi connectivity index (χ0n) is 64.5. The molecule has 0 bridgehead atoms. The van der Waals surface area contributed by atoms with Gasteiger partial charge in [0.15, 0.2) is 6.10 Å². The van der Waals surface area contributed by atoms with Crippen molar-refractivity contribution in [2.45, 2.75) is 367 Å². The number of rotatable bonds is 75. The second-order valence-corrected chi connectivity index (χ2v) is 29.9. The lowest BCUT2D eigenvalue weighted by Crippen LogP contribution is -2.37. The summed E-state index contributed by atoms with van der Waals surface area (Å²) in [5.41, 5.74) is 0. The fraction of sp³-hybridized carbons (Fsp3) is 0.727. The number of esters is 2. The van der Waals surface area contributed by atoms with Crippen molar-refractivity contribution in [1.29, 1.82) is 0 Å². The monoisotopic (exact) mass is 1390 g/mol. The van der Waals surface area contributed by atoms with Crippen molar-refractivity contribution >= 4 is 19.8 Å². The van der Waals surface area contributed by atoms with Crippen LogP contribution in [0.15, 0.2) is 134 Å². The Labute approximate surface area is 606 Å². The summed E-state index contributed by atoms with van der Waals surface area (Å²) in [7, 11) is 1.47. The van der Waals surface area contributed by atoms with E-state index in [1.807, 2.05) is 21.1 Å². The number of hydrogen-bond acceptors (Lipinski definition) is 7. The molecule has 564 valence electrons. The van der Waals surface area contributed by atoms with Gasteiger partial charge in [-0.1, -0.05) is 366 Å². The van der Waals surface area contributed by atoms with Crippen molar-refractivity contribution in [2.24, 2.45) is 0 Å². The van der Waals surface area contributed by atoms with E-state index in [9.17, 15) is 19.0 Å². The Hall–Kier alpha value is -3.85. The quantitative estimate of drug-likeness (QED) is 0.0211. The van der Waals surface area contributed by atoms with Crippen molar-refractivity contribution in [1.82, 2.24) is 0 Å². The van der Waals surface area contributed by atoms with Crippen LogP contribution in [0.3, 0.4) is 0 Å². The maximum absolute atomic E-state index is 12.9. The molecule has 0 fully saturated rings. The van der Waals surface area contributed by atoms with Gasteiger partial charge in [-0.05, 0) is 116 Å². The molecule has 0 radical (unpaired) electrons. The Morgan fingerprint density at radius 1 is 0.327 bits per heavy atom. The number of carbonyl (C=O) groups excluding carboxylic acids is 2. The largest absolute Gasteiger partial charge is 0.472 e. The van der Waals surface area contributed by atoms with Crippen LogP contribution in [0, 0.1) is 0 Å². The minimum absolute atomic E-state index is 0.0271. The van der Waals surface area contributed by atoms with E-state index in [-0.39, 0.29) is 32.0 Å². The number of phosphoric acid groups is 1. The molecule has 0 saturated heterocycles. The zero-order valence-corrected chi connectivity index (χ0v) is 65.4. The van der Waals surface area contributed by atoms with E-state index in [1.54, 1.807) is 0 Å². The van der Waals surface area contributed by atoms with Crippen molar-refractivity contribution in [3.63, 3.8) is 0 Å². The van der Waals surface area contributed by atoms with Crippen LogP contribution in [0.25, 0.3) is 0 Å². The average molecular weight is 1390 g/mol. The third kappa shape index (κ3) is 81.1. The van der Waals surface area contributed by atoms with Gasteiger partial charge >= 0.3 is 19.8 Å². The van der Waals surface area contributed by atoms with Crippen LogP contribution in [0.2, 0.25) is 0 Å². The zero-order chi connectivity index (χ0) is 71.1. The lowest BCUT2D eigenvalue weighted by atomic mass is 10.0. The number of quaternary nitrogens is 1. The molecule has 0 rings (SSSR count). The molecule has 0 aromatic heterocycles. The summed E-state index contributed by atoms with van der Waals surface area (Å²) in [5.74, 6) is -0.794. The van der Waals surface area contributed by atoms with Crippen LogP contribution in [0.5, 0.6) is 0 Å². The third-order valence-corrected chi connectivity index (χ3v) is 18.6.